The minimum Gasteiger partial charge on any atom is -0.445 e. The van der Waals surface area contributed by atoms with Crippen LogP contribution in [0.1, 0.15) is 29.5 Å². The molecule has 2 atom stereocenters. The van der Waals surface area contributed by atoms with Crippen molar-refractivity contribution < 1.29 is 28.7 Å². The minimum absolute atomic E-state index is 0.0508. The van der Waals surface area contributed by atoms with Crippen LogP contribution < -0.4 is 10.6 Å². The summed E-state index contributed by atoms with van der Waals surface area (Å²) in [5.41, 5.74) is 3.14. The first-order chi connectivity index (χ1) is 21.3. The van der Waals surface area contributed by atoms with Crippen molar-refractivity contribution >= 4 is 23.9 Å². The van der Waals surface area contributed by atoms with Crippen LogP contribution in [-0.2, 0) is 32.2 Å². The first-order valence-electron chi connectivity index (χ1n) is 14.8. The smallest absolute Gasteiger partial charge is 0.407 e. The summed E-state index contributed by atoms with van der Waals surface area (Å²) >= 11 is 0. The van der Waals surface area contributed by atoms with Gasteiger partial charge in [0.05, 0.1) is 26.3 Å². The van der Waals surface area contributed by atoms with Crippen molar-refractivity contribution in [3.8, 4) is 0 Å². The number of nitrogens with one attached hydrogen (secondary N) is 2. The van der Waals surface area contributed by atoms with Gasteiger partial charge in [0.25, 0.3) is 0 Å². The van der Waals surface area contributed by atoms with E-state index in [0.717, 1.165) is 16.7 Å². The predicted octanol–water partition coefficient (Wildman–Crippen LogP) is 2.64. The number of aryl methyl sites for hydroxylation is 1. The van der Waals surface area contributed by atoms with Gasteiger partial charge in [0.1, 0.15) is 18.8 Å². The second-order valence-electron chi connectivity index (χ2n) is 10.9. The van der Waals surface area contributed by atoms with Gasteiger partial charge < -0.3 is 29.9 Å². The number of hydrogen-bond acceptors (Lipinski definition) is 7. The van der Waals surface area contributed by atoms with Crippen LogP contribution in [0.25, 0.3) is 0 Å². The Bertz CT molecular complexity index is 1290. The van der Waals surface area contributed by atoms with E-state index < -0.39 is 18.3 Å². The van der Waals surface area contributed by atoms with Gasteiger partial charge in [-0.15, -0.1) is 0 Å². The molecule has 236 valence electrons. The molecule has 2 fully saturated rings. The Hall–Kier alpha value is -4.42. The molecule has 2 heterocycles. The molecular formula is C32H42N6O6. The van der Waals surface area contributed by atoms with Gasteiger partial charge in [-0.25, -0.2) is 19.6 Å². The van der Waals surface area contributed by atoms with E-state index in [1.165, 1.54) is 16.0 Å². The molecule has 12 heteroatoms. The van der Waals surface area contributed by atoms with Gasteiger partial charge in [-0.1, -0.05) is 72.8 Å². The van der Waals surface area contributed by atoms with Crippen molar-refractivity contribution in [3.05, 3.63) is 83.9 Å². The first kappa shape index (κ1) is 32.5. The number of likely N-dealkylation sites (N-methyl/N-ethyl adjacent to an activating group) is 1. The summed E-state index contributed by atoms with van der Waals surface area (Å²) in [6, 6.07) is 16.4. The van der Waals surface area contributed by atoms with E-state index in [4.69, 9.17) is 9.47 Å². The van der Waals surface area contributed by atoms with Gasteiger partial charge in [0.2, 0.25) is 11.8 Å². The SMILES string of the molecule is C=CCOC(=O)NCCC[C@H]1C(=O)N(CCOCc2ccc(C)cc2)C[C@H]2N1C(=O)CN(C)N2C(=O)NCc1ccccc1. The molecule has 2 saturated heterocycles. The number of benzene rings is 2. The second-order valence-corrected chi connectivity index (χ2v) is 10.9. The summed E-state index contributed by atoms with van der Waals surface area (Å²) in [7, 11) is 1.69. The number of rotatable bonds is 13. The fourth-order valence-electron chi connectivity index (χ4n) is 5.36. The van der Waals surface area contributed by atoms with Crippen LogP contribution in [0.3, 0.4) is 0 Å². The Morgan fingerprint density at radius 2 is 1.80 bits per heavy atom. The van der Waals surface area contributed by atoms with Crippen molar-refractivity contribution in [2.75, 3.05) is 46.4 Å². The molecule has 0 unspecified atom stereocenters. The van der Waals surface area contributed by atoms with E-state index in [1.54, 1.807) is 17.0 Å². The maximum Gasteiger partial charge on any atom is 0.407 e. The molecule has 2 aromatic carbocycles. The third-order valence-electron chi connectivity index (χ3n) is 7.58. The number of nitrogens with zero attached hydrogens (tertiary/aromatic N) is 4. The van der Waals surface area contributed by atoms with Crippen molar-refractivity contribution in [3.63, 3.8) is 0 Å². The number of piperazine rings is 1. The highest BCUT2D eigenvalue weighted by molar-refractivity contribution is 5.91. The molecule has 12 nitrogen and oxygen atoms in total. The minimum atomic E-state index is -0.803. The van der Waals surface area contributed by atoms with Gasteiger partial charge in [-0.05, 0) is 30.9 Å². The molecule has 0 saturated carbocycles. The maximum atomic E-state index is 13.8. The lowest BCUT2D eigenvalue weighted by atomic mass is 10.0. The van der Waals surface area contributed by atoms with Gasteiger partial charge in [-0.2, -0.15) is 0 Å². The van der Waals surface area contributed by atoms with E-state index >= 15 is 0 Å². The summed E-state index contributed by atoms with van der Waals surface area (Å²) in [6.45, 7) is 7.30. The number of urea groups is 1. The molecule has 0 aromatic heterocycles. The average molecular weight is 607 g/mol. The monoisotopic (exact) mass is 606 g/mol. The van der Waals surface area contributed by atoms with Crippen LogP contribution in [0.2, 0.25) is 0 Å². The highest BCUT2D eigenvalue weighted by atomic mass is 16.5. The Labute approximate surface area is 258 Å². The van der Waals surface area contributed by atoms with Crippen LogP contribution in [0, 0.1) is 6.92 Å². The third-order valence-corrected chi connectivity index (χ3v) is 7.58. The number of amides is 5. The fourth-order valence-corrected chi connectivity index (χ4v) is 5.36. The summed E-state index contributed by atoms with van der Waals surface area (Å²) in [5.74, 6) is -0.450. The van der Waals surface area contributed by atoms with Gasteiger partial charge in [0.15, 0.2) is 0 Å². The number of carbonyl (C=O) groups excluding carboxylic acids is 4. The lowest BCUT2D eigenvalue weighted by Gasteiger charge is -2.54. The highest BCUT2D eigenvalue weighted by Gasteiger charge is 2.50. The van der Waals surface area contributed by atoms with Crippen LogP contribution in [0.15, 0.2) is 67.3 Å². The van der Waals surface area contributed by atoms with Crippen LogP contribution in [-0.4, -0.2) is 102 Å². The zero-order chi connectivity index (χ0) is 31.5. The quantitative estimate of drug-likeness (QED) is 0.266. The molecule has 2 N–H and O–H groups in total. The first-order valence-corrected chi connectivity index (χ1v) is 14.8. The van der Waals surface area contributed by atoms with E-state index in [9.17, 15) is 19.2 Å². The standard InChI is InChI=1S/C32H42N6O6/c1-4-18-44-32(42)33-16-8-11-27-30(40)36(17-19-43-23-26-14-12-24(2)13-15-26)21-28-37(27)29(39)22-35(3)38(28)31(41)34-20-25-9-6-5-7-10-25/h4-7,9-10,12-15,27-28H,1,8,11,16-23H2,2-3H3,(H,33,42)(H,34,41)/t27-,28-/m0/s1. The van der Waals surface area contributed by atoms with E-state index in [2.05, 4.69) is 17.2 Å². The zero-order valence-electron chi connectivity index (χ0n) is 25.4. The highest BCUT2D eigenvalue weighted by Crippen LogP contribution is 2.28. The zero-order valence-corrected chi connectivity index (χ0v) is 25.4. The molecule has 4 rings (SSSR count). The van der Waals surface area contributed by atoms with Crippen molar-refractivity contribution in [1.82, 2.24) is 30.5 Å². The molecule has 0 aliphatic carbocycles. The van der Waals surface area contributed by atoms with Crippen molar-refractivity contribution in [2.45, 2.75) is 45.1 Å². The van der Waals surface area contributed by atoms with E-state index in [-0.39, 0.29) is 44.1 Å². The molecule has 5 amide bonds. The summed E-state index contributed by atoms with van der Waals surface area (Å²) in [6.07, 6.45) is 0.904. The lowest BCUT2D eigenvalue weighted by molar-refractivity contribution is -0.188. The number of fused-ring (bicyclic) bond motifs is 1. The Kier molecular flexibility index (Phi) is 11.7. The predicted molar refractivity (Wildman–Crippen MR) is 164 cm³/mol. The maximum absolute atomic E-state index is 13.8. The molecular weight excluding hydrogens is 564 g/mol. The van der Waals surface area contributed by atoms with Crippen LogP contribution in [0.4, 0.5) is 9.59 Å². The van der Waals surface area contributed by atoms with Gasteiger partial charge in [0, 0.05) is 26.7 Å². The normalized spacial score (nSPS) is 18.5. The number of ether oxygens (including phenoxy) is 2. The summed E-state index contributed by atoms with van der Waals surface area (Å²) in [5, 5.41) is 8.73. The lowest BCUT2D eigenvalue weighted by Crippen LogP contribution is -2.76. The third kappa shape index (κ3) is 8.57. The van der Waals surface area contributed by atoms with Crippen molar-refractivity contribution in [1.29, 1.82) is 0 Å². The fraction of sp³-hybridized carbons (Fsp3) is 0.438. The molecule has 44 heavy (non-hydrogen) atoms. The summed E-state index contributed by atoms with van der Waals surface area (Å²) < 4.78 is 10.8. The number of hydrogen-bond donors (Lipinski definition) is 2. The van der Waals surface area contributed by atoms with Crippen LogP contribution in [0.5, 0.6) is 0 Å². The van der Waals surface area contributed by atoms with Gasteiger partial charge >= 0.3 is 12.1 Å². The number of carbonyl (C=O) groups is 4. The Balaban J connectivity index is 1.46. The molecule has 0 spiro atoms. The number of hydrazine groups is 1. The molecule has 2 aliphatic heterocycles. The molecule has 0 radical (unpaired) electrons. The largest absolute Gasteiger partial charge is 0.445 e. The van der Waals surface area contributed by atoms with E-state index in [1.807, 2.05) is 61.5 Å². The van der Waals surface area contributed by atoms with Crippen molar-refractivity contribution in [2.24, 2.45) is 0 Å². The molecule has 0 bridgehead atoms. The second kappa shape index (κ2) is 15.9. The average Bonchev–Trinajstić information content (AvgIpc) is 3.01. The molecule has 2 aliphatic rings. The topological polar surface area (TPSA) is 124 Å². The molecule has 2 aromatic rings. The van der Waals surface area contributed by atoms with Gasteiger partial charge in [-0.3, -0.25) is 9.59 Å². The van der Waals surface area contributed by atoms with E-state index in [0.29, 0.717) is 39.1 Å². The number of alkyl carbamates (subject to hydrolysis) is 1. The van der Waals surface area contributed by atoms with Crippen LogP contribution >= 0.6 is 0 Å². The Morgan fingerprint density at radius 1 is 1.05 bits per heavy atom. The Morgan fingerprint density at radius 3 is 2.52 bits per heavy atom. The summed E-state index contributed by atoms with van der Waals surface area (Å²) in [4.78, 5) is 55.7.